The highest BCUT2D eigenvalue weighted by molar-refractivity contribution is 6.35. The average molecular weight is 303 g/mol. The Morgan fingerprint density at radius 1 is 1.24 bits per heavy atom. The van der Waals surface area contributed by atoms with E-state index >= 15 is 0 Å². The van der Waals surface area contributed by atoms with Crippen molar-refractivity contribution in [2.45, 2.75) is 38.0 Å². The molecule has 1 saturated carbocycles. The second kappa shape index (κ2) is 5.56. The molecule has 110 valence electrons. The number of pyridine rings is 1. The van der Waals surface area contributed by atoms with Crippen LogP contribution in [0.4, 0.5) is 0 Å². The smallest absolute Gasteiger partial charge is 0.0761 e. The molecule has 0 radical (unpaired) electrons. The molecular formula is C17H19ClN2O. The molecule has 0 spiro atoms. The zero-order valence-electron chi connectivity index (χ0n) is 11.9. The molecule has 0 bridgehead atoms. The Kier molecular flexibility index (Phi) is 3.57. The summed E-state index contributed by atoms with van der Waals surface area (Å²) in [5.74, 6) is 0.782. The summed E-state index contributed by atoms with van der Waals surface area (Å²) in [5.41, 5.74) is 2.20. The molecule has 0 amide bonds. The molecule has 4 heteroatoms. The Hall–Kier alpha value is -1.16. The minimum atomic E-state index is 0.413. The molecule has 2 atom stereocenters. The van der Waals surface area contributed by atoms with E-state index in [1.54, 1.807) is 0 Å². The minimum absolute atomic E-state index is 0.413. The Balaban J connectivity index is 1.53. The van der Waals surface area contributed by atoms with E-state index in [1.807, 2.05) is 24.4 Å². The fourth-order valence-electron chi connectivity index (χ4n) is 3.30. The van der Waals surface area contributed by atoms with Gasteiger partial charge >= 0.3 is 0 Å². The molecule has 4 rings (SSSR count). The van der Waals surface area contributed by atoms with Gasteiger partial charge in [0.2, 0.25) is 0 Å². The maximum Gasteiger partial charge on any atom is 0.0761 e. The van der Waals surface area contributed by atoms with Crippen molar-refractivity contribution in [3.63, 3.8) is 0 Å². The predicted molar refractivity (Wildman–Crippen MR) is 84.5 cm³/mol. The van der Waals surface area contributed by atoms with Crippen molar-refractivity contribution < 1.29 is 4.74 Å². The number of nitrogens with one attached hydrogen (secondary N) is 1. The molecule has 2 aromatic rings. The third-order valence-corrected chi connectivity index (χ3v) is 4.91. The van der Waals surface area contributed by atoms with Crippen LogP contribution in [0.15, 0.2) is 30.5 Å². The van der Waals surface area contributed by atoms with E-state index in [2.05, 4.69) is 16.4 Å². The number of ether oxygens (including phenoxy) is 1. The number of halogens is 1. The van der Waals surface area contributed by atoms with E-state index in [0.29, 0.717) is 12.1 Å². The van der Waals surface area contributed by atoms with Crippen molar-refractivity contribution in [1.29, 1.82) is 0 Å². The normalized spacial score (nSPS) is 25.6. The molecule has 1 aromatic heterocycles. The third-order valence-electron chi connectivity index (χ3n) is 4.58. The van der Waals surface area contributed by atoms with Gasteiger partial charge in [0.05, 0.1) is 11.6 Å². The summed E-state index contributed by atoms with van der Waals surface area (Å²) in [5, 5.41) is 5.47. The summed E-state index contributed by atoms with van der Waals surface area (Å²) in [6.45, 7) is 1.71. The summed E-state index contributed by atoms with van der Waals surface area (Å²) in [4.78, 5) is 4.50. The lowest BCUT2D eigenvalue weighted by molar-refractivity contribution is 0.0809. The molecule has 3 nitrogen and oxygen atoms in total. The lowest BCUT2D eigenvalue weighted by Gasteiger charge is -2.20. The number of hydrogen-bond acceptors (Lipinski definition) is 3. The highest BCUT2D eigenvalue weighted by Crippen LogP contribution is 2.38. The lowest BCUT2D eigenvalue weighted by Crippen LogP contribution is -2.37. The van der Waals surface area contributed by atoms with Gasteiger partial charge < -0.3 is 10.1 Å². The molecule has 1 aliphatic carbocycles. The zero-order valence-corrected chi connectivity index (χ0v) is 12.6. The van der Waals surface area contributed by atoms with Crippen LogP contribution in [0, 0.1) is 5.92 Å². The first-order valence-corrected chi connectivity index (χ1v) is 8.08. The number of fused-ring (bicyclic) bond motifs is 1. The fraction of sp³-hybridized carbons (Fsp3) is 0.471. The standard InChI is InChI=1S/C17H19ClN2O/c18-14-6-5-12(16-13(14)2-1-8-19-16)10-20-15-7-9-21-17(15)11-3-4-11/h1-2,5-6,8,11,15,17,20H,3-4,7,9-10H2. The largest absolute Gasteiger partial charge is 0.376 e. The van der Waals surface area contributed by atoms with Crippen molar-refractivity contribution in [3.8, 4) is 0 Å². The van der Waals surface area contributed by atoms with Gasteiger partial charge in [-0.3, -0.25) is 4.98 Å². The maximum atomic E-state index is 6.25. The average Bonchev–Trinajstić information content (AvgIpc) is 3.26. The van der Waals surface area contributed by atoms with Gasteiger partial charge in [0.15, 0.2) is 0 Å². The Morgan fingerprint density at radius 2 is 2.14 bits per heavy atom. The fourth-order valence-corrected chi connectivity index (χ4v) is 3.51. The topological polar surface area (TPSA) is 34.1 Å². The SMILES string of the molecule is Clc1ccc(CNC2CCOC2C2CC2)c2ncccc12. The first-order valence-electron chi connectivity index (χ1n) is 7.70. The second-order valence-corrected chi connectivity index (χ2v) is 6.46. The monoisotopic (exact) mass is 302 g/mol. The highest BCUT2D eigenvalue weighted by Gasteiger charge is 2.40. The molecule has 1 aliphatic heterocycles. The highest BCUT2D eigenvalue weighted by atomic mass is 35.5. The van der Waals surface area contributed by atoms with Gasteiger partial charge in [0.25, 0.3) is 0 Å². The van der Waals surface area contributed by atoms with E-state index in [0.717, 1.165) is 41.4 Å². The van der Waals surface area contributed by atoms with Crippen LogP contribution in [0.1, 0.15) is 24.8 Å². The van der Waals surface area contributed by atoms with Crippen LogP contribution in [-0.2, 0) is 11.3 Å². The molecule has 2 unspecified atom stereocenters. The summed E-state index contributed by atoms with van der Waals surface area (Å²) >= 11 is 6.25. The number of rotatable bonds is 4. The van der Waals surface area contributed by atoms with Crippen LogP contribution < -0.4 is 5.32 Å². The predicted octanol–water partition coefficient (Wildman–Crippen LogP) is 3.55. The molecule has 2 aliphatic rings. The van der Waals surface area contributed by atoms with Crippen molar-refractivity contribution in [2.24, 2.45) is 5.92 Å². The third kappa shape index (κ3) is 2.66. The Bertz CT molecular complexity index is 656. The van der Waals surface area contributed by atoms with E-state index in [9.17, 15) is 0 Å². The number of benzene rings is 1. The van der Waals surface area contributed by atoms with Gasteiger partial charge in [-0.05, 0) is 48.9 Å². The van der Waals surface area contributed by atoms with E-state index in [1.165, 1.54) is 18.4 Å². The van der Waals surface area contributed by atoms with Crippen LogP contribution in [-0.4, -0.2) is 23.7 Å². The van der Waals surface area contributed by atoms with Crippen LogP contribution in [0.5, 0.6) is 0 Å². The summed E-state index contributed by atoms with van der Waals surface area (Å²) in [6, 6.07) is 8.48. The van der Waals surface area contributed by atoms with Gasteiger partial charge in [-0.25, -0.2) is 0 Å². The number of nitrogens with zero attached hydrogens (tertiary/aromatic N) is 1. The molecule has 2 heterocycles. The molecular weight excluding hydrogens is 284 g/mol. The van der Waals surface area contributed by atoms with Crippen molar-refractivity contribution >= 4 is 22.5 Å². The summed E-state index contributed by atoms with van der Waals surface area (Å²) < 4.78 is 5.89. The van der Waals surface area contributed by atoms with Gasteiger partial charge in [0, 0.05) is 35.8 Å². The van der Waals surface area contributed by atoms with Crippen LogP contribution in [0.3, 0.4) is 0 Å². The van der Waals surface area contributed by atoms with Crippen molar-refractivity contribution in [1.82, 2.24) is 10.3 Å². The van der Waals surface area contributed by atoms with E-state index < -0.39 is 0 Å². The maximum absolute atomic E-state index is 6.25. The number of hydrogen-bond donors (Lipinski definition) is 1. The minimum Gasteiger partial charge on any atom is -0.376 e. The van der Waals surface area contributed by atoms with Crippen LogP contribution in [0.25, 0.3) is 10.9 Å². The first-order chi connectivity index (χ1) is 10.3. The van der Waals surface area contributed by atoms with Crippen molar-refractivity contribution in [3.05, 3.63) is 41.0 Å². The van der Waals surface area contributed by atoms with Gasteiger partial charge in [-0.2, -0.15) is 0 Å². The van der Waals surface area contributed by atoms with Gasteiger partial charge in [-0.15, -0.1) is 0 Å². The quantitative estimate of drug-likeness (QED) is 0.938. The summed E-state index contributed by atoms with van der Waals surface area (Å²) in [6.07, 6.45) is 6.01. The Labute approximate surface area is 129 Å². The van der Waals surface area contributed by atoms with Crippen LogP contribution in [0.2, 0.25) is 5.02 Å². The second-order valence-electron chi connectivity index (χ2n) is 6.05. The first kappa shape index (κ1) is 13.5. The molecule has 2 fully saturated rings. The van der Waals surface area contributed by atoms with E-state index in [4.69, 9.17) is 16.3 Å². The summed E-state index contributed by atoms with van der Waals surface area (Å²) in [7, 11) is 0. The number of aromatic nitrogens is 1. The van der Waals surface area contributed by atoms with Gasteiger partial charge in [0.1, 0.15) is 0 Å². The molecule has 1 saturated heterocycles. The van der Waals surface area contributed by atoms with Gasteiger partial charge in [-0.1, -0.05) is 17.7 Å². The lowest BCUT2D eigenvalue weighted by atomic mass is 10.0. The molecule has 1 N–H and O–H groups in total. The Morgan fingerprint density at radius 3 is 3.00 bits per heavy atom. The van der Waals surface area contributed by atoms with Crippen LogP contribution >= 0.6 is 11.6 Å². The zero-order chi connectivity index (χ0) is 14.2. The molecule has 21 heavy (non-hydrogen) atoms. The molecule has 1 aromatic carbocycles. The van der Waals surface area contributed by atoms with Crippen molar-refractivity contribution in [2.75, 3.05) is 6.61 Å². The van der Waals surface area contributed by atoms with E-state index in [-0.39, 0.29) is 0 Å².